The maximum atomic E-state index is 5.58. The monoisotopic (exact) mass is 473 g/mol. The van der Waals surface area contributed by atoms with Crippen molar-refractivity contribution < 1.29 is 14.2 Å². The minimum Gasteiger partial charge on any atom is -0.493 e. The Kier molecular flexibility index (Phi) is 7.27. The quantitative estimate of drug-likeness (QED) is 0.540. The van der Waals surface area contributed by atoms with Crippen LogP contribution in [0.25, 0.3) is 0 Å². The number of fused-ring (bicyclic) bond motifs is 1. The Morgan fingerprint density at radius 3 is 2.64 bits per heavy atom. The number of piperidine rings is 2. The van der Waals surface area contributed by atoms with Crippen LogP contribution in [-0.4, -0.2) is 76.9 Å². The number of benzene rings is 1. The summed E-state index contributed by atoms with van der Waals surface area (Å²) in [5.41, 5.74) is 1.20. The molecule has 1 aromatic carbocycles. The molecule has 0 radical (unpaired) electrons. The van der Waals surface area contributed by atoms with E-state index in [1.54, 1.807) is 7.11 Å². The van der Waals surface area contributed by atoms with E-state index in [0.29, 0.717) is 11.7 Å². The van der Waals surface area contributed by atoms with Crippen LogP contribution in [0.5, 0.6) is 17.2 Å². The summed E-state index contributed by atoms with van der Waals surface area (Å²) in [5.74, 6) is 4.94. The van der Waals surface area contributed by atoms with Gasteiger partial charge in [0, 0.05) is 31.8 Å². The van der Waals surface area contributed by atoms with Gasteiger partial charge in [-0.2, -0.15) is 0 Å². The van der Waals surface area contributed by atoms with Crippen molar-refractivity contribution in [2.45, 2.75) is 49.7 Å². The lowest BCUT2D eigenvalue weighted by Gasteiger charge is -2.31. The molecule has 3 aliphatic heterocycles. The number of nitrogens with zero attached hydrogens (tertiary/aromatic N) is 5. The minimum absolute atomic E-state index is 0.261. The standard InChI is InChI=1S/C24H35N5O3S/c1-27-23(25-26-24(27)33-13-12-28-8-4-3-5-9-28)19-6-10-29(11-7-19)16-18-14-20(30-2)22-21(15-18)31-17-32-22/h14-15,19H,3-13,16-17H2,1-2H3. The third kappa shape index (κ3) is 5.25. The van der Waals surface area contributed by atoms with E-state index in [-0.39, 0.29) is 6.79 Å². The van der Waals surface area contributed by atoms with Crippen molar-refractivity contribution in [2.75, 3.05) is 52.4 Å². The van der Waals surface area contributed by atoms with Crippen molar-refractivity contribution in [3.8, 4) is 17.2 Å². The zero-order chi connectivity index (χ0) is 22.6. The highest BCUT2D eigenvalue weighted by Crippen LogP contribution is 2.42. The fourth-order valence-electron chi connectivity index (χ4n) is 5.14. The molecule has 5 rings (SSSR count). The Labute approximate surface area is 200 Å². The molecule has 3 aliphatic rings. The predicted octanol–water partition coefficient (Wildman–Crippen LogP) is 3.51. The molecule has 1 aromatic heterocycles. The normalized spacial score (nSPS) is 19.8. The van der Waals surface area contributed by atoms with Gasteiger partial charge in [-0.3, -0.25) is 4.90 Å². The van der Waals surface area contributed by atoms with E-state index in [1.807, 2.05) is 11.8 Å². The molecule has 180 valence electrons. The summed E-state index contributed by atoms with van der Waals surface area (Å²) in [6.07, 6.45) is 6.29. The molecule has 33 heavy (non-hydrogen) atoms. The summed E-state index contributed by atoms with van der Waals surface area (Å²) in [7, 11) is 3.80. The average Bonchev–Trinajstić information content (AvgIpc) is 3.47. The van der Waals surface area contributed by atoms with Gasteiger partial charge in [0.1, 0.15) is 5.82 Å². The number of rotatable bonds is 8. The summed E-state index contributed by atoms with van der Waals surface area (Å²) in [4.78, 5) is 5.08. The largest absolute Gasteiger partial charge is 0.493 e. The first kappa shape index (κ1) is 22.8. The van der Waals surface area contributed by atoms with Gasteiger partial charge >= 0.3 is 0 Å². The topological polar surface area (TPSA) is 64.9 Å². The van der Waals surface area contributed by atoms with E-state index in [4.69, 9.17) is 14.2 Å². The minimum atomic E-state index is 0.261. The molecule has 2 saturated heterocycles. The highest BCUT2D eigenvalue weighted by molar-refractivity contribution is 7.99. The summed E-state index contributed by atoms with van der Waals surface area (Å²) < 4.78 is 18.8. The van der Waals surface area contributed by atoms with E-state index in [2.05, 4.69) is 43.7 Å². The van der Waals surface area contributed by atoms with Gasteiger partial charge in [0.05, 0.1) is 7.11 Å². The van der Waals surface area contributed by atoms with Crippen LogP contribution in [0.15, 0.2) is 17.3 Å². The maximum absolute atomic E-state index is 5.58. The van der Waals surface area contributed by atoms with Crippen LogP contribution in [0.1, 0.15) is 49.4 Å². The molecule has 0 aliphatic carbocycles. The van der Waals surface area contributed by atoms with Crippen molar-refractivity contribution in [1.29, 1.82) is 0 Å². The molecule has 0 saturated carbocycles. The van der Waals surface area contributed by atoms with E-state index >= 15 is 0 Å². The Morgan fingerprint density at radius 2 is 1.85 bits per heavy atom. The molecule has 8 nitrogen and oxygen atoms in total. The number of aromatic nitrogens is 3. The van der Waals surface area contributed by atoms with E-state index < -0.39 is 0 Å². The summed E-state index contributed by atoms with van der Waals surface area (Å²) >= 11 is 1.84. The fraction of sp³-hybridized carbons (Fsp3) is 0.667. The Bertz CT molecular complexity index is 938. The molecule has 2 fully saturated rings. The van der Waals surface area contributed by atoms with Crippen LogP contribution in [-0.2, 0) is 13.6 Å². The molecule has 0 amide bonds. The highest BCUT2D eigenvalue weighted by Gasteiger charge is 2.26. The van der Waals surface area contributed by atoms with Gasteiger partial charge in [-0.15, -0.1) is 10.2 Å². The van der Waals surface area contributed by atoms with E-state index in [9.17, 15) is 0 Å². The van der Waals surface area contributed by atoms with E-state index in [1.165, 1.54) is 37.9 Å². The van der Waals surface area contributed by atoms with Gasteiger partial charge in [-0.25, -0.2) is 0 Å². The first-order valence-corrected chi connectivity index (χ1v) is 13.1. The number of ether oxygens (including phenoxy) is 3. The molecule has 9 heteroatoms. The molecular formula is C24H35N5O3S. The number of methoxy groups -OCH3 is 1. The van der Waals surface area contributed by atoms with E-state index in [0.717, 1.165) is 67.3 Å². The van der Waals surface area contributed by atoms with Crippen LogP contribution in [0.4, 0.5) is 0 Å². The Hall–Kier alpha value is -1.97. The molecule has 0 spiro atoms. The Morgan fingerprint density at radius 1 is 1.03 bits per heavy atom. The van der Waals surface area contributed by atoms with Gasteiger partial charge in [-0.05, 0) is 69.6 Å². The maximum Gasteiger partial charge on any atom is 0.231 e. The third-order valence-electron chi connectivity index (χ3n) is 7.03. The van der Waals surface area contributed by atoms with Crippen molar-refractivity contribution in [1.82, 2.24) is 24.6 Å². The summed E-state index contributed by atoms with van der Waals surface area (Å²) in [6, 6.07) is 4.14. The van der Waals surface area contributed by atoms with Gasteiger partial charge in [-0.1, -0.05) is 18.2 Å². The number of likely N-dealkylation sites (tertiary alicyclic amines) is 2. The molecule has 4 heterocycles. The number of hydrogen-bond acceptors (Lipinski definition) is 8. The van der Waals surface area contributed by atoms with Crippen molar-refractivity contribution in [2.24, 2.45) is 7.05 Å². The van der Waals surface area contributed by atoms with Crippen molar-refractivity contribution in [3.63, 3.8) is 0 Å². The van der Waals surface area contributed by atoms with Gasteiger partial charge < -0.3 is 23.7 Å². The molecule has 0 atom stereocenters. The van der Waals surface area contributed by atoms with Crippen LogP contribution in [0, 0.1) is 0 Å². The van der Waals surface area contributed by atoms with Crippen LogP contribution < -0.4 is 14.2 Å². The molecular weight excluding hydrogens is 438 g/mol. The lowest BCUT2D eigenvalue weighted by Crippen LogP contribution is -2.33. The van der Waals surface area contributed by atoms with Crippen LogP contribution in [0.3, 0.4) is 0 Å². The van der Waals surface area contributed by atoms with Crippen molar-refractivity contribution >= 4 is 11.8 Å². The zero-order valence-electron chi connectivity index (χ0n) is 19.8. The number of hydrogen-bond donors (Lipinski definition) is 0. The fourth-order valence-corrected chi connectivity index (χ4v) is 6.06. The second kappa shape index (κ2) is 10.5. The highest BCUT2D eigenvalue weighted by atomic mass is 32.2. The average molecular weight is 474 g/mol. The lowest BCUT2D eigenvalue weighted by atomic mass is 9.95. The summed E-state index contributed by atoms with van der Waals surface area (Å²) in [6.45, 7) is 6.89. The smallest absolute Gasteiger partial charge is 0.231 e. The molecule has 0 unspecified atom stereocenters. The first-order chi connectivity index (χ1) is 16.2. The number of thioether (sulfide) groups is 1. The molecule has 2 aromatic rings. The first-order valence-electron chi connectivity index (χ1n) is 12.1. The Balaban J connectivity index is 1.12. The second-order valence-corrected chi connectivity index (χ2v) is 10.3. The third-order valence-corrected chi connectivity index (χ3v) is 8.03. The summed E-state index contributed by atoms with van der Waals surface area (Å²) in [5, 5.41) is 10.2. The lowest BCUT2D eigenvalue weighted by molar-refractivity contribution is 0.171. The zero-order valence-corrected chi connectivity index (χ0v) is 20.6. The van der Waals surface area contributed by atoms with Crippen LogP contribution >= 0.6 is 11.8 Å². The van der Waals surface area contributed by atoms with Crippen LogP contribution in [0.2, 0.25) is 0 Å². The second-order valence-electron chi connectivity index (χ2n) is 9.23. The van der Waals surface area contributed by atoms with Gasteiger partial charge in [0.25, 0.3) is 0 Å². The van der Waals surface area contributed by atoms with Gasteiger partial charge in [0.15, 0.2) is 16.7 Å². The molecule has 0 N–H and O–H groups in total. The predicted molar refractivity (Wildman–Crippen MR) is 128 cm³/mol. The van der Waals surface area contributed by atoms with Crippen molar-refractivity contribution in [3.05, 3.63) is 23.5 Å². The molecule has 0 bridgehead atoms. The van der Waals surface area contributed by atoms with Gasteiger partial charge in [0.2, 0.25) is 12.5 Å². The SMILES string of the molecule is COc1cc(CN2CCC(c3nnc(SCCN4CCCCC4)n3C)CC2)cc2c1OCO2.